The number of allylic oxidation sites excluding steroid dienone is 1. The van der Waals surface area contributed by atoms with Crippen molar-refractivity contribution in [2.24, 2.45) is 0 Å². The molecule has 154 valence electrons. The van der Waals surface area contributed by atoms with Crippen LogP contribution in [0.3, 0.4) is 0 Å². The summed E-state index contributed by atoms with van der Waals surface area (Å²) in [6, 6.07) is 19.3. The van der Waals surface area contributed by atoms with E-state index in [1.165, 1.54) is 18.4 Å². The van der Waals surface area contributed by atoms with Crippen molar-refractivity contribution in [3.8, 4) is 11.5 Å². The summed E-state index contributed by atoms with van der Waals surface area (Å²) in [7, 11) is 0. The van der Waals surface area contributed by atoms with Gasteiger partial charge < -0.3 is 18.4 Å². The molecule has 0 N–H and O–H groups in total. The lowest BCUT2D eigenvalue weighted by Crippen LogP contribution is -2.14. The molecule has 2 heterocycles. The van der Waals surface area contributed by atoms with E-state index in [0.29, 0.717) is 33.2 Å². The maximum atomic E-state index is 13.3. The molecule has 1 aliphatic rings. The van der Waals surface area contributed by atoms with E-state index in [1.807, 2.05) is 30.3 Å². The lowest BCUT2D eigenvalue weighted by atomic mass is 9.92. The molecular formula is C25H13NO6. The van der Waals surface area contributed by atoms with Crippen LogP contribution in [0.15, 0.2) is 88.0 Å². The van der Waals surface area contributed by atoms with Gasteiger partial charge in [-0.1, -0.05) is 47.6 Å². The van der Waals surface area contributed by atoms with E-state index in [4.69, 9.17) is 18.4 Å². The highest BCUT2D eigenvalue weighted by atomic mass is 16.5. The van der Waals surface area contributed by atoms with E-state index < -0.39 is 5.97 Å². The topological polar surface area (TPSA) is 91.8 Å². The zero-order valence-electron chi connectivity index (χ0n) is 16.4. The van der Waals surface area contributed by atoms with Gasteiger partial charge in [-0.05, 0) is 24.3 Å². The summed E-state index contributed by atoms with van der Waals surface area (Å²) in [6.45, 7) is 0. The standard InChI is InChI=1S/C25H13NO6/c27-17-13-19(30-14-7-2-1-3-8-14)22-21-20(17)23(31-25(28)18-11-6-12-29-18)15-9-4-5-10-16(15)24(21)32-26-22/h1-13H. The predicted octanol–water partition coefficient (Wildman–Crippen LogP) is 5.41. The first kappa shape index (κ1) is 18.1. The van der Waals surface area contributed by atoms with E-state index in [2.05, 4.69) is 5.16 Å². The van der Waals surface area contributed by atoms with Crippen LogP contribution in [0.2, 0.25) is 0 Å². The molecule has 7 heteroatoms. The van der Waals surface area contributed by atoms with Crippen LogP contribution in [0.5, 0.6) is 11.5 Å². The second-order valence-electron chi connectivity index (χ2n) is 7.14. The molecular weight excluding hydrogens is 410 g/mol. The maximum Gasteiger partial charge on any atom is 0.379 e. The molecule has 1 aliphatic carbocycles. The Kier molecular flexibility index (Phi) is 3.94. The Bertz CT molecular complexity index is 1540. The second-order valence-corrected chi connectivity index (χ2v) is 7.14. The number of ether oxygens (including phenoxy) is 2. The highest BCUT2D eigenvalue weighted by Gasteiger charge is 2.33. The smallest absolute Gasteiger partial charge is 0.379 e. The van der Waals surface area contributed by atoms with Gasteiger partial charge in [-0.2, -0.15) is 0 Å². The first-order chi connectivity index (χ1) is 15.7. The number of aromatic nitrogens is 1. The number of furan rings is 1. The van der Waals surface area contributed by atoms with E-state index in [9.17, 15) is 9.59 Å². The van der Waals surface area contributed by atoms with Crippen LogP contribution in [-0.2, 0) is 0 Å². The van der Waals surface area contributed by atoms with Crippen molar-refractivity contribution in [2.75, 3.05) is 0 Å². The van der Waals surface area contributed by atoms with E-state index >= 15 is 0 Å². The second kappa shape index (κ2) is 6.95. The van der Waals surface area contributed by atoms with Gasteiger partial charge in [0.1, 0.15) is 5.75 Å². The lowest BCUT2D eigenvalue weighted by molar-refractivity contribution is 0.0702. The third-order valence-electron chi connectivity index (χ3n) is 5.22. The van der Waals surface area contributed by atoms with Gasteiger partial charge in [0.25, 0.3) is 0 Å². The highest BCUT2D eigenvalue weighted by molar-refractivity contribution is 6.27. The molecule has 0 unspecified atom stereocenters. The number of benzene rings is 3. The normalized spacial score (nSPS) is 12.8. The molecule has 0 atom stereocenters. The summed E-state index contributed by atoms with van der Waals surface area (Å²) >= 11 is 0. The number of esters is 1. The molecule has 7 nitrogen and oxygen atoms in total. The number of fused-ring (bicyclic) bond motifs is 2. The van der Waals surface area contributed by atoms with Crippen molar-refractivity contribution in [1.82, 2.24) is 5.16 Å². The van der Waals surface area contributed by atoms with Gasteiger partial charge in [-0.15, -0.1) is 0 Å². The van der Waals surface area contributed by atoms with Gasteiger partial charge in [0.2, 0.25) is 5.76 Å². The summed E-state index contributed by atoms with van der Waals surface area (Å²) in [4.78, 5) is 25.9. The van der Waals surface area contributed by atoms with Crippen LogP contribution >= 0.6 is 0 Å². The van der Waals surface area contributed by atoms with Gasteiger partial charge in [0.05, 0.1) is 17.2 Å². The highest BCUT2D eigenvalue weighted by Crippen LogP contribution is 2.44. The molecule has 0 saturated heterocycles. The number of carbonyl (C=O) groups excluding carboxylic acids is 2. The third kappa shape index (κ3) is 2.72. The molecule has 0 aliphatic heterocycles. The molecule has 0 amide bonds. The fourth-order valence-electron chi connectivity index (χ4n) is 3.83. The van der Waals surface area contributed by atoms with Crippen LogP contribution < -0.4 is 9.47 Å². The Morgan fingerprint density at radius 1 is 0.906 bits per heavy atom. The van der Waals surface area contributed by atoms with Crippen LogP contribution in [0.1, 0.15) is 26.6 Å². The number of hydrogen-bond acceptors (Lipinski definition) is 7. The molecule has 32 heavy (non-hydrogen) atoms. The number of carbonyl (C=O) groups is 2. The monoisotopic (exact) mass is 423 g/mol. The van der Waals surface area contributed by atoms with Crippen molar-refractivity contribution < 1.29 is 28.0 Å². The molecule has 0 fully saturated rings. The van der Waals surface area contributed by atoms with Gasteiger partial charge in [-0.25, -0.2) is 4.79 Å². The zero-order valence-corrected chi connectivity index (χ0v) is 16.4. The van der Waals surface area contributed by atoms with E-state index in [-0.39, 0.29) is 28.6 Å². The van der Waals surface area contributed by atoms with Crippen molar-refractivity contribution >= 4 is 39.3 Å². The average molecular weight is 423 g/mol. The molecule has 0 spiro atoms. The first-order valence-electron chi connectivity index (χ1n) is 9.80. The Morgan fingerprint density at radius 2 is 1.69 bits per heavy atom. The minimum absolute atomic E-state index is 0.0267. The number of para-hydroxylation sites is 1. The molecule has 0 radical (unpaired) electrons. The third-order valence-corrected chi connectivity index (χ3v) is 5.22. The Labute approximate surface area is 180 Å². The van der Waals surface area contributed by atoms with Gasteiger partial charge in [-0.3, -0.25) is 4.79 Å². The number of ketones is 1. The van der Waals surface area contributed by atoms with Gasteiger partial charge in [0, 0.05) is 16.8 Å². The van der Waals surface area contributed by atoms with Crippen LogP contribution in [0.4, 0.5) is 0 Å². The fourth-order valence-corrected chi connectivity index (χ4v) is 3.83. The van der Waals surface area contributed by atoms with Crippen molar-refractivity contribution in [2.45, 2.75) is 0 Å². The number of hydrogen-bond donors (Lipinski definition) is 0. The van der Waals surface area contributed by atoms with Crippen molar-refractivity contribution in [3.05, 3.63) is 96.1 Å². The Morgan fingerprint density at radius 3 is 2.47 bits per heavy atom. The number of nitrogens with zero attached hydrogens (tertiary/aromatic N) is 1. The van der Waals surface area contributed by atoms with E-state index in [1.54, 1.807) is 30.3 Å². The summed E-state index contributed by atoms with van der Waals surface area (Å²) in [6.07, 6.45) is 2.70. The molecule has 5 aromatic rings. The summed E-state index contributed by atoms with van der Waals surface area (Å²) < 4.78 is 22.4. The largest absolute Gasteiger partial charge is 0.457 e. The maximum absolute atomic E-state index is 13.3. The molecule has 3 aromatic carbocycles. The molecule has 2 aromatic heterocycles. The summed E-state index contributed by atoms with van der Waals surface area (Å²) in [5, 5.41) is 5.81. The van der Waals surface area contributed by atoms with Crippen molar-refractivity contribution in [1.29, 1.82) is 0 Å². The minimum Gasteiger partial charge on any atom is -0.457 e. The predicted molar refractivity (Wildman–Crippen MR) is 115 cm³/mol. The van der Waals surface area contributed by atoms with Gasteiger partial charge >= 0.3 is 5.97 Å². The van der Waals surface area contributed by atoms with Crippen LogP contribution in [0, 0.1) is 0 Å². The fraction of sp³-hybridized carbons (Fsp3) is 0. The SMILES string of the molecule is O=C(Oc1c2c3c(noc3c3ccccc13)C(Oc1ccccc1)=CC2=O)c1ccco1. The van der Waals surface area contributed by atoms with Crippen molar-refractivity contribution in [3.63, 3.8) is 0 Å². The lowest BCUT2D eigenvalue weighted by Gasteiger charge is -2.17. The first-order valence-corrected chi connectivity index (χ1v) is 9.80. The number of rotatable bonds is 4. The molecule has 0 saturated carbocycles. The quantitative estimate of drug-likeness (QED) is 0.282. The minimum atomic E-state index is -0.711. The Balaban J connectivity index is 1.57. The van der Waals surface area contributed by atoms with E-state index in [0.717, 1.165) is 0 Å². The van der Waals surface area contributed by atoms with Gasteiger partial charge in [0.15, 0.2) is 28.6 Å². The van der Waals surface area contributed by atoms with Crippen LogP contribution in [0.25, 0.3) is 27.5 Å². The summed E-state index contributed by atoms with van der Waals surface area (Å²) in [5.41, 5.74) is 0.966. The summed E-state index contributed by atoms with van der Waals surface area (Å²) in [5.74, 6) is -0.137. The average Bonchev–Trinajstić information content (AvgIpc) is 3.50. The molecule has 6 rings (SSSR count). The zero-order chi connectivity index (χ0) is 21.7. The van der Waals surface area contributed by atoms with Crippen LogP contribution in [-0.4, -0.2) is 16.9 Å². The molecule has 0 bridgehead atoms. The Hall–Kier alpha value is -4.65.